The standard InChI is InChI=1S/C9H10F3NP.CH3.Hg/c10-6-4-7(11)9(14)5(8(6)12)2-1-3-13;;/h1-3,13-14H2;1H3;. The first-order valence-electron chi connectivity index (χ1n) is 5.18. The summed E-state index contributed by atoms with van der Waals surface area (Å²) in [5.74, 6) is -2.43. The van der Waals surface area contributed by atoms with Crippen LogP contribution in [0, 0.1) is 17.5 Å². The molecule has 0 heterocycles. The monoisotopic (exact) mass is 437 g/mol. The summed E-state index contributed by atoms with van der Waals surface area (Å²) in [6.07, 6.45) is 0.794. The molecule has 2 N–H and O–H groups in total. The van der Waals surface area contributed by atoms with Gasteiger partial charge in [-0.2, -0.15) is 0 Å². The van der Waals surface area contributed by atoms with Crippen molar-refractivity contribution in [2.45, 2.75) is 17.3 Å². The van der Waals surface area contributed by atoms with Crippen LogP contribution in [0.25, 0.3) is 0 Å². The van der Waals surface area contributed by atoms with Gasteiger partial charge in [-0.15, -0.1) is 0 Å². The molecule has 0 aliphatic carbocycles. The molecule has 1 unspecified atom stereocenters. The molecule has 1 nitrogen and oxygen atoms in total. The Balaban J connectivity index is 3.29. The van der Waals surface area contributed by atoms with Gasteiger partial charge in [-0.3, -0.25) is 0 Å². The van der Waals surface area contributed by atoms with Crippen molar-refractivity contribution in [2.75, 3.05) is 6.54 Å². The van der Waals surface area contributed by atoms with Gasteiger partial charge in [0, 0.05) is 0 Å². The Labute approximate surface area is 108 Å². The summed E-state index contributed by atoms with van der Waals surface area (Å²) >= 11 is -1.80. The normalized spacial score (nSPS) is 10.4. The van der Waals surface area contributed by atoms with Crippen LogP contribution in [0.4, 0.5) is 13.2 Å². The summed E-state index contributed by atoms with van der Waals surface area (Å²) in [6, 6.07) is 0. The second-order valence-electron chi connectivity index (χ2n) is 3.56. The Morgan fingerprint density at radius 3 is 2.31 bits per heavy atom. The summed E-state index contributed by atoms with van der Waals surface area (Å²) in [5.41, 5.74) is 5.41. The van der Waals surface area contributed by atoms with Crippen molar-refractivity contribution in [3.63, 3.8) is 0 Å². The second-order valence-corrected chi connectivity index (χ2v) is 9.63. The van der Waals surface area contributed by atoms with Crippen LogP contribution in [0.5, 0.6) is 0 Å². The van der Waals surface area contributed by atoms with Crippen molar-refractivity contribution in [3.8, 4) is 0 Å². The number of hydrogen-bond donors (Lipinski definition) is 1. The Bertz CT molecular complexity index is 369. The molecule has 1 aromatic rings. The Morgan fingerprint density at radius 1 is 1.19 bits per heavy atom. The third-order valence-electron chi connectivity index (χ3n) is 2.53. The molecule has 0 fully saturated rings. The first-order valence-corrected chi connectivity index (χ1v) is 14.0. The van der Waals surface area contributed by atoms with Gasteiger partial charge in [-0.05, 0) is 0 Å². The van der Waals surface area contributed by atoms with Crippen LogP contribution in [0.1, 0.15) is 12.0 Å². The van der Waals surface area contributed by atoms with Crippen molar-refractivity contribution in [1.82, 2.24) is 0 Å². The summed E-state index contributed by atoms with van der Waals surface area (Å²) in [7, 11) is 2.17. The van der Waals surface area contributed by atoms with Crippen molar-refractivity contribution < 1.29 is 37.7 Å². The molecule has 0 saturated heterocycles. The fourth-order valence-electron chi connectivity index (χ4n) is 1.61. The van der Waals surface area contributed by atoms with E-state index in [4.69, 9.17) is 5.73 Å². The van der Waals surface area contributed by atoms with Gasteiger partial charge in [0.2, 0.25) is 0 Å². The van der Waals surface area contributed by atoms with Gasteiger partial charge in [0.15, 0.2) is 0 Å². The quantitative estimate of drug-likeness (QED) is 0.430. The predicted molar refractivity (Wildman–Crippen MR) is 58.5 cm³/mol. The Morgan fingerprint density at radius 2 is 1.81 bits per heavy atom. The zero-order chi connectivity index (χ0) is 12.3. The molecule has 0 radical (unpaired) electrons. The third kappa shape index (κ3) is 2.77. The number of halogens is 3. The van der Waals surface area contributed by atoms with Gasteiger partial charge in [0.05, 0.1) is 0 Å². The SMILES string of the molecule is [CH3][Hg][c]1c(F)c(F)c(CCCN)c(P)c1F. The van der Waals surface area contributed by atoms with Gasteiger partial charge in [0.25, 0.3) is 0 Å². The van der Waals surface area contributed by atoms with Gasteiger partial charge in [0.1, 0.15) is 0 Å². The zero-order valence-electron chi connectivity index (χ0n) is 9.12. The molecule has 86 valence electrons. The molecular formula is C10H13F3HgNP. The van der Waals surface area contributed by atoms with E-state index in [2.05, 4.69) is 9.24 Å². The Kier molecular flexibility index (Phi) is 5.68. The van der Waals surface area contributed by atoms with E-state index in [0.29, 0.717) is 13.0 Å². The molecular weight excluding hydrogens is 423 g/mol. The van der Waals surface area contributed by atoms with E-state index in [9.17, 15) is 13.2 Å². The number of rotatable bonds is 4. The van der Waals surface area contributed by atoms with E-state index in [1.165, 1.54) is 0 Å². The van der Waals surface area contributed by atoms with Gasteiger partial charge >= 0.3 is 108 Å². The van der Waals surface area contributed by atoms with Crippen LogP contribution in [0.2, 0.25) is 4.43 Å². The molecule has 1 atom stereocenters. The number of nitrogens with two attached hydrogens (primary N) is 1. The fraction of sp³-hybridized carbons (Fsp3) is 0.400. The number of benzene rings is 1. The van der Waals surface area contributed by atoms with Gasteiger partial charge in [-0.1, -0.05) is 0 Å². The van der Waals surface area contributed by atoms with Crippen molar-refractivity contribution in [2.24, 2.45) is 5.73 Å². The summed E-state index contributed by atoms with van der Waals surface area (Å²) in [6.45, 7) is 0.377. The second kappa shape index (κ2) is 6.32. The van der Waals surface area contributed by atoms with E-state index in [1.54, 1.807) is 0 Å². The average Bonchev–Trinajstić information content (AvgIpc) is 2.27. The van der Waals surface area contributed by atoms with Crippen molar-refractivity contribution in [1.29, 1.82) is 0 Å². The maximum absolute atomic E-state index is 13.7. The van der Waals surface area contributed by atoms with Gasteiger partial charge in [-0.25, -0.2) is 0 Å². The average molecular weight is 436 g/mol. The predicted octanol–water partition coefficient (Wildman–Crippen LogP) is 1.25. The van der Waals surface area contributed by atoms with E-state index in [0.717, 1.165) is 0 Å². The zero-order valence-corrected chi connectivity index (χ0v) is 15.8. The van der Waals surface area contributed by atoms with E-state index in [1.807, 2.05) is 4.43 Å². The summed E-state index contributed by atoms with van der Waals surface area (Å²) < 4.78 is 42.7. The molecule has 0 saturated carbocycles. The van der Waals surface area contributed by atoms with Crippen LogP contribution in [-0.4, -0.2) is 6.54 Å². The summed E-state index contributed by atoms with van der Waals surface area (Å²) in [4.78, 5) is 0. The molecule has 1 aromatic carbocycles. The van der Waals surface area contributed by atoms with Crippen LogP contribution in [-0.2, 0) is 31.0 Å². The molecule has 6 heteroatoms. The molecule has 0 spiro atoms. The maximum atomic E-state index is 13.7. The fourth-order valence-corrected chi connectivity index (χ4v) is 6.60. The van der Waals surface area contributed by atoms with Crippen molar-refractivity contribution in [3.05, 3.63) is 23.0 Å². The molecule has 0 aliphatic heterocycles. The number of hydrogen-bond acceptors (Lipinski definition) is 1. The molecule has 16 heavy (non-hydrogen) atoms. The van der Waals surface area contributed by atoms with Crippen LogP contribution in [0.15, 0.2) is 0 Å². The van der Waals surface area contributed by atoms with Crippen LogP contribution < -0.4 is 14.1 Å². The van der Waals surface area contributed by atoms with E-state index >= 15 is 0 Å². The molecule has 0 amide bonds. The first-order chi connectivity index (χ1) is 7.54. The Hall–Kier alpha value is 0.335. The minimum atomic E-state index is -1.80. The van der Waals surface area contributed by atoms with E-state index in [-0.39, 0.29) is 20.4 Å². The summed E-state index contributed by atoms with van der Waals surface area (Å²) in [5, 5.41) is 0.171. The molecule has 0 aliphatic rings. The topological polar surface area (TPSA) is 26.0 Å². The van der Waals surface area contributed by atoms with Crippen LogP contribution in [0.3, 0.4) is 0 Å². The molecule has 1 rings (SSSR count). The molecule has 0 bridgehead atoms. The van der Waals surface area contributed by atoms with Gasteiger partial charge < -0.3 is 0 Å². The first kappa shape index (κ1) is 14.4. The van der Waals surface area contributed by atoms with Crippen LogP contribution >= 0.6 is 9.24 Å². The minimum absolute atomic E-state index is 0.0269. The third-order valence-corrected chi connectivity index (χ3v) is 8.30. The van der Waals surface area contributed by atoms with Crippen molar-refractivity contribution >= 4 is 17.6 Å². The molecule has 0 aromatic heterocycles. The van der Waals surface area contributed by atoms with E-state index < -0.39 is 42.0 Å².